The lowest BCUT2D eigenvalue weighted by atomic mass is 10.3. The monoisotopic (exact) mass is 235 g/mol. The number of rotatable bonds is 6. The Labute approximate surface area is 98.6 Å². The summed E-state index contributed by atoms with van der Waals surface area (Å²) in [5.74, 6) is 1.33. The second-order valence-electron chi connectivity index (χ2n) is 2.77. The van der Waals surface area contributed by atoms with E-state index in [0.717, 1.165) is 12.1 Å². The van der Waals surface area contributed by atoms with Gasteiger partial charge in [0.15, 0.2) is 0 Å². The highest BCUT2D eigenvalue weighted by molar-refractivity contribution is 7.98. The van der Waals surface area contributed by atoms with E-state index >= 15 is 0 Å². The minimum absolute atomic E-state index is 0.667. The number of nitrogens with two attached hydrogens (primary N) is 1. The zero-order valence-electron chi connectivity index (χ0n) is 8.60. The van der Waals surface area contributed by atoms with E-state index in [1.807, 2.05) is 12.1 Å². The van der Waals surface area contributed by atoms with Gasteiger partial charge in [-0.25, -0.2) is 4.98 Å². The van der Waals surface area contributed by atoms with Gasteiger partial charge in [-0.05, 0) is 12.1 Å². The highest BCUT2D eigenvalue weighted by atomic mass is 32.2. The van der Waals surface area contributed by atoms with Gasteiger partial charge in [0.25, 0.3) is 0 Å². The van der Waals surface area contributed by atoms with Crippen LogP contribution in [0.5, 0.6) is 0 Å². The Morgan fingerprint density at radius 1 is 1.50 bits per heavy atom. The smallest absolute Gasteiger partial charge is 0.139 e. The minimum Gasteiger partial charge on any atom is -0.346 e. The molecular formula is C10H13N5S. The number of nitrogens with zero attached hydrogens (tertiary/aromatic N) is 1. The summed E-state index contributed by atoms with van der Waals surface area (Å²) < 4.78 is 2.82. The number of anilines is 2. The molecule has 0 amide bonds. The Morgan fingerprint density at radius 2 is 2.25 bits per heavy atom. The van der Waals surface area contributed by atoms with E-state index in [-0.39, 0.29) is 0 Å². The zero-order chi connectivity index (χ0) is 11.8. The maximum Gasteiger partial charge on any atom is 0.139 e. The van der Waals surface area contributed by atoms with Gasteiger partial charge in [-0.15, -0.1) is 0 Å². The van der Waals surface area contributed by atoms with Gasteiger partial charge in [-0.3, -0.25) is 5.14 Å². The van der Waals surface area contributed by atoms with Crippen molar-refractivity contribution in [3.8, 4) is 0 Å². The molecule has 0 saturated carbocycles. The quantitative estimate of drug-likeness (QED) is 0.345. The van der Waals surface area contributed by atoms with Crippen LogP contribution in [0.4, 0.5) is 11.6 Å². The maximum absolute atomic E-state index is 7.08. The summed E-state index contributed by atoms with van der Waals surface area (Å²) in [6, 6.07) is 5.47. The van der Waals surface area contributed by atoms with Crippen LogP contribution in [0.1, 0.15) is 0 Å². The van der Waals surface area contributed by atoms with Crippen molar-refractivity contribution in [1.82, 2.24) is 4.98 Å². The van der Waals surface area contributed by atoms with E-state index in [0.29, 0.717) is 17.2 Å². The van der Waals surface area contributed by atoms with Crippen molar-refractivity contribution in [2.75, 3.05) is 10.0 Å². The molecule has 0 aliphatic heterocycles. The number of nitrogens with one attached hydrogen (secondary N) is 3. The van der Waals surface area contributed by atoms with Gasteiger partial charge in [-0.2, -0.15) is 0 Å². The van der Waals surface area contributed by atoms with Gasteiger partial charge < -0.3 is 15.4 Å². The molecule has 0 spiro atoms. The number of hydrogen-bond acceptors (Lipinski definition) is 6. The third-order valence-corrected chi connectivity index (χ3v) is 2.03. The summed E-state index contributed by atoms with van der Waals surface area (Å²) in [5.41, 5.74) is 0.674. The molecule has 5 N–H and O–H groups in total. The standard InChI is InChI=1S/C10H13N5S/c1-2-8(6-11)7-13-9-4-3-5-10(14-9)15-16-12/h2-7,11H,1,12H2,(H2,13,14,15)/b8-7-,11-6?. The number of aromatic nitrogens is 1. The first-order valence-corrected chi connectivity index (χ1v) is 5.36. The molecule has 0 bridgehead atoms. The molecule has 0 aliphatic carbocycles. The number of pyridine rings is 1. The molecule has 0 unspecified atom stereocenters. The fourth-order valence-corrected chi connectivity index (χ4v) is 1.18. The third-order valence-electron chi connectivity index (χ3n) is 1.70. The second-order valence-corrected chi connectivity index (χ2v) is 3.20. The maximum atomic E-state index is 7.08. The van der Waals surface area contributed by atoms with Crippen molar-refractivity contribution in [2.45, 2.75) is 0 Å². The summed E-state index contributed by atoms with van der Waals surface area (Å²) in [7, 11) is 0. The lowest BCUT2D eigenvalue weighted by Crippen LogP contribution is -1.98. The summed E-state index contributed by atoms with van der Waals surface area (Å²) in [6.45, 7) is 3.58. The van der Waals surface area contributed by atoms with Crippen LogP contribution in [0.25, 0.3) is 0 Å². The molecule has 16 heavy (non-hydrogen) atoms. The van der Waals surface area contributed by atoms with Gasteiger partial charge >= 0.3 is 0 Å². The van der Waals surface area contributed by atoms with Crippen molar-refractivity contribution in [3.05, 3.63) is 42.6 Å². The molecule has 0 atom stereocenters. The van der Waals surface area contributed by atoms with Crippen LogP contribution in [0.15, 0.2) is 42.6 Å². The predicted molar refractivity (Wildman–Crippen MR) is 70.3 cm³/mol. The summed E-state index contributed by atoms with van der Waals surface area (Å²) in [5, 5.41) is 15.3. The van der Waals surface area contributed by atoms with Crippen molar-refractivity contribution >= 4 is 30.0 Å². The lowest BCUT2D eigenvalue weighted by Gasteiger charge is -2.04. The largest absolute Gasteiger partial charge is 0.346 e. The zero-order valence-corrected chi connectivity index (χ0v) is 9.42. The lowest BCUT2D eigenvalue weighted by molar-refractivity contribution is 1.31. The van der Waals surface area contributed by atoms with E-state index in [9.17, 15) is 0 Å². The fourth-order valence-electron chi connectivity index (χ4n) is 0.949. The number of hydrogen-bond donors (Lipinski definition) is 4. The van der Waals surface area contributed by atoms with Crippen molar-refractivity contribution < 1.29 is 0 Å². The highest BCUT2D eigenvalue weighted by Crippen LogP contribution is 2.11. The Hall–Kier alpha value is -1.79. The van der Waals surface area contributed by atoms with Crippen LogP contribution in [-0.4, -0.2) is 11.2 Å². The van der Waals surface area contributed by atoms with Crippen LogP contribution in [0.3, 0.4) is 0 Å². The molecule has 0 aliphatic rings. The first-order valence-electron chi connectivity index (χ1n) is 4.48. The van der Waals surface area contributed by atoms with Crippen LogP contribution in [0.2, 0.25) is 0 Å². The number of allylic oxidation sites excluding steroid dienone is 2. The minimum atomic E-state index is 0.667. The van der Waals surface area contributed by atoms with E-state index in [1.165, 1.54) is 6.21 Å². The van der Waals surface area contributed by atoms with Crippen LogP contribution in [-0.2, 0) is 0 Å². The molecule has 5 nitrogen and oxygen atoms in total. The Balaban J connectivity index is 2.73. The first-order chi connectivity index (χ1) is 7.80. The molecule has 0 fully saturated rings. The van der Waals surface area contributed by atoms with Crippen molar-refractivity contribution in [1.29, 1.82) is 5.41 Å². The normalized spacial score (nSPS) is 10.7. The van der Waals surface area contributed by atoms with Crippen LogP contribution < -0.4 is 15.2 Å². The van der Waals surface area contributed by atoms with Gasteiger partial charge in [0.05, 0.1) is 0 Å². The van der Waals surface area contributed by atoms with Gasteiger partial charge in [0, 0.05) is 30.1 Å². The van der Waals surface area contributed by atoms with E-state index in [2.05, 4.69) is 21.6 Å². The average molecular weight is 235 g/mol. The average Bonchev–Trinajstić information content (AvgIpc) is 2.31. The molecule has 1 aromatic rings. The Morgan fingerprint density at radius 3 is 2.88 bits per heavy atom. The van der Waals surface area contributed by atoms with Gasteiger partial charge in [0.1, 0.15) is 11.6 Å². The molecule has 1 heterocycles. The molecule has 0 radical (unpaired) electrons. The SMILES string of the molecule is C=C/C(C=N)=C/Nc1cccc(NSN)n1. The van der Waals surface area contributed by atoms with Crippen molar-refractivity contribution in [3.63, 3.8) is 0 Å². The molecular weight excluding hydrogens is 222 g/mol. The summed E-state index contributed by atoms with van der Waals surface area (Å²) >= 11 is 0.989. The van der Waals surface area contributed by atoms with Crippen LogP contribution >= 0.6 is 12.1 Å². The van der Waals surface area contributed by atoms with Gasteiger partial charge in [-0.1, -0.05) is 18.7 Å². The molecule has 1 rings (SSSR count). The topological polar surface area (TPSA) is 86.8 Å². The van der Waals surface area contributed by atoms with E-state index in [4.69, 9.17) is 10.5 Å². The fraction of sp³-hybridized carbons (Fsp3) is 0. The van der Waals surface area contributed by atoms with E-state index < -0.39 is 0 Å². The highest BCUT2D eigenvalue weighted by Gasteiger charge is 1.94. The molecule has 84 valence electrons. The Kier molecular flexibility index (Phi) is 5.10. The molecule has 1 aromatic heterocycles. The predicted octanol–water partition coefficient (Wildman–Crippen LogP) is 2.15. The molecule has 6 heteroatoms. The Bertz CT molecular complexity index is 392. The summed E-state index contributed by atoms with van der Waals surface area (Å²) in [6.07, 6.45) is 4.44. The second kappa shape index (κ2) is 6.65. The van der Waals surface area contributed by atoms with Crippen LogP contribution in [0, 0.1) is 5.41 Å². The molecule has 0 aromatic carbocycles. The summed E-state index contributed by atoms with van der Waals surface area (Å²) in [4.78, 5) is 4.23. The van der Waals surface area contributed by atoms with Crippen molar-refractivity contribution in [2.24, 2.45) is 5.14 Å². The molecule has 0 saturated heterocycles. The third kappa shape index (κ3) is 3.76. The first kappa shape index (κ1) is 12.3. The van der Waals surface area contributed by atoms with Gasteiger partial charge in [0.2, 0.25) is 0 Å². The van der Waals surface area contributed by atoms with E-state index in [1.54, 1.807) is 18.3 Å².